The maximum atomic E-state index is 14.0. The van der Waals surface area contributed by atoms with Gasteiger partial charge in [-0.25, -0.2) is 9.07 Å². The number of aliphatic hydroxyl groups is 1. The fourth-order valence-electron chi connectivity index (χ4n) is 2.59. The molecule has 0 bridgehead atoms. The van der Waals surface area contributed by atoms with Gasteiger partial charge in [-0.3, -0.25) is 0 Å². The summed E-state index contributed by atoms with van der Waals surface area (Å²) in [6.45, 7) is 1.22. The summed E-state index contributed by atoms with van der Waals surface area (Å²) >= 11 is 0. The van der Waals surface area contributed by atoms with E-state index in [1.807, 2.05) is 0 Å². The van der Waals surface area contributed by atoms with Crippen LogP contribution in [0.5, 0.6) is 5.75 Å². The molecule has 1 fully saturated rings. The molecule has 1 unspecified atom stereocenters. The van der Waals surface area contributed by atoms with Crippen molar-refractivity contribution in [3.8, 4) is 17.0 Å². The first kappa shape index (κ1) is 14.9. The first-order chi connectivity index (χ1) is 10.6. The van der Waals surface area contributed by atoms with Crippen LogP contribution in [-0.4, -0.2) is 46.0 Å². The fraction of sp³-hybridized carbons (Fsp3) is 0.467. The predicted octanol–water partition coefficient (Wildman–Crippen LogP) is 1.63. The monoisotopic (exact) mass is 307 g/mol. The van der Waals surface area contributed by atoms with Crippen LogP contribution in [0.2, 0.25) is 0 Å². The molecule has 1 N–H and O–H groups in total. The fourth-order valence-corrected chi connectivity index (χ4v) is 2.59. The Labute approximate surface area is 127 Å². The van der Waals surface area contributed by atoms with Gasteiger partial charge in [0.15, 0.2) is 0 Å². The van der Waals surface area contributed by atoms with Gasteiger partial charge in [-0.2, -0.15) is 0 Å². The summed E-state index contributed by atoms with van der Waals surface area (Å²) in [5, 5.41) is 18.4. The molecule has 1 aliphatic heterocycles. The molecule has 2 heterocycles. The van der Waals surface area contributed by atoms with Gasteiger partial charge in [0.1, 0.15) is 22.9 Å². The van der Waals surface area contributed by atoms with Crippen LogP contribution in [0.3, 0.4) is 0 Å². The Bertz CT molecular complexity index is 653. The number of benzene rings is 1. The molecule has 2 aromatic rings. The molecule has 7 heteroatoms. The Morgan fingerprint density at radius 3 is 3.05 bits per heavy atom. The highest BCUT2D eigenvalue weighted by Crippen LogP contribution is 2.25. The average molecular weight is 307 g/mol. The average Bonchev–Trinajstić information content (AvgIpc) is 2.95. The first-order valence-corrected chi connectivity index (χ1v) is 7.14. The summed E-state index contributed by atoms with van der Waals surface area (Å²) in [7, 11) is 1.48. The topological polar surface area (TPSA) is 69.4 Å². The number of aromatic nitrogens is 3. The second-order valence-electron chi connectivity index (χ2n) is 5.53. The van der Waals surface area contributed by atoms with E-state index in [1.165, 1.54) is 17.9 Å². The van der Waals surface area contributed by atoms with Gasteiger partial charge in [-0.1, -0.05) is 5.21 Å². The quantitative estimate of drug-likeness (QED) is 0.930. The summed E-state index contributed by atoms with van der Waals surface area (Å²) in [5.41, 5.74) is -0.179. The Morgan fingerprint density at radius 1 is 1.50 bits per heavy atom. The molecule has 1 saturated heterocycles. The van der Waals surface area contributed by atoms with E-state index in [2.05, 4.69) is 10.3 Å². The minimum Gasteiger partial charge on any atom is -0.497 e. The van der Waals surface area contributed by atoms with Crippen LogP contribution in [0.1, 0.15) is 12.8 Å². The highest BCUT2D eigenvalue weighted by atomic mass is 19.1. The van der Waals surface area contributed by atoms with Crippen LogP contribution in [0.25, 0.3) is 11.3 Å². The van der Waals surface area contributed by atoms with Crippen molar-refractivity contribution in [3.05, 3.63) is 30.2 Å². The summed E-state index contributed by atoms with van der Waals surface area (Å²) in [6, 6.07) is 4.57. The zero-order chi connectivity index (χ0) is 15.6. The number of hydrogen-bond acceptors (Lipinski definition) is 5. The maximum Gasteiger partial charge on any atom is 0.136 e. The molecule has 22 heavy (non-hydrogen) atoms. The third kappa shape index (κ3) is 3.10. The second-order valence-corrected chi connectivity index (χ2v) is 5.53. The molecule has 1 atom stereocenters. The summed E-state index contributed by atoms with van der Waals surface area (Å²) < 4.78 is 25.8. The van der Waals surface area contributed by atoms with Gasteiger partial charge in [0.2, 0.25) is 0 Å². The highest BCUT2D eigenvalue weighted by Gasteiger charge is 2.31. The van der Waals surface area contributed by atoms with Gasteiger partial charge in [0.05, 0.1) is 26.5 Å². The second kappa shape index (κ2) is 6.02. The van der Waals surface area contributed by atoms with Gasteiger partial charge < -0.3 is 14.6 Å². The first-order valence-electron chi connectivity index (χ1n) is 7.14. The molecule has 0 amide bonds. The summed E-state index contributed by atoms with van der Waals surface area (Å²) in [4.78, 5) is 0. The van der Waals surface area contributed by atoms with Gasteiger partial charge in [-0.05, 0) is 25.0 Å². The van der Waals surface area contributed by atoms with Gasteiger partial charge in [-0.15, -0.1) is 5.10 Å². The van der Waals surface area contributed by atoms with Crippen LogP contribution in [0.4, 0.5) is 4.39 Å². The van der Waals surface area contributed by atoms with E-state index in [9.17, 15) is 9.50 Å². The van der Waals surface area contributed by atoms with Crippen LogP contribution >= 0.6 is 0 Å². The lowest BCUT2D eigenvalue weighted by molar-refractivity contribution is -0.0960. The Balaban J connectivity index is 1.79. The number of methoxy groups -OCH3 is 1. The highest BCUT2D eigenvalue weighted by molar-refractivity contribution is 5.59. The Hall–Kier alpha value is -1.99. The summed E-state index contributed by atoms with van der Waals surface area (Å²) in [6.07, 6.45) is 3.09. The van der Waals surface area contributed by atoms with E-state index in [4.69, 9.17) is 9.47 Å². The van der Waals surface area contributed by atoms with Crippen molar-refractivity contribution in [2.45, 2.75) is 25.0 Å². The minimum absolute atomic E-state index is 0.276. The molecule has 0 spiro atoms. The van der Waals surface area contributed by atoms with Crippen molar-refractivity contribution in [1.82, 2.24) is 15.0 Å². The van der Waals surface area contributed by atoms with E-state index in [0.717, 1.165) is 6.42 Å². The molecule has 1 aromatic heterocycles. The lowest BCUT2D eigenvalue weighted by Gasteiger charge is -2.31. The van der Waals surface area contributed by atoms with Crippen molar-refractivity contribution in [2.75, 3.05) is 20.3 Å². The number of nitrogens with zero attached hydrogens (tertiary/aromatic N) is 3. The van der Waals surface area contributed by atoms with E-state index >= 15 is 0 Å². The number of rotatable bonds is 4. The molecule has 0 aliphatic carbocycles. The number of halogens is 1. The number of ether oxygens (including phenoxy) is 2. The third-order valence-corrected chi connectivity index (χ3v) is 3.75. The molecule has 1 aliphatic rings. The standard InChI is InChI=1S/C15H18FN3O3/c1-21-11-3-4-12(13(16)7-11)14-8-19(18-17-14)9-15(20)5-2-6-22-10-15/h3-4,7-8,20H,2,5-6,9-10H2,1H3. The predicted molar refractivity (Wildman–Crippen MR) is 77.0 cm³/mol. The van der Waals surface area contributed by atoms with Crippen LogP contribution in [0, 0.1) is 5.82 Å². The largest absolute Gasteiger partial charge is 0.497 e. The van der Waals surface area contributed by atoms with Crippen molar-refractivity contribution in [1.29, 1.82) is 0 Å². The molecule has 3 rings (SSSR count). The van der Waals surface area contributed by atoms with Crippen LogP contribution < -0.4 is 4.74 Å². The minimum atomic E-state index is -0.943. The van der Waals surface area contributed by atoms with E-state index in [-0.39, 0.29) is 13.2 Å². The molecule has 0 saturated carbocycles. The Morgan fingerprint density at radius 2 is 2.36 bits per heavy atom. The lowest BCUT2D eigenvalue weighted by atomic mass is 9.97. The zero-order valence-electron chi connectivity index (χ0n) is 12.3. The SMILES string of the molecule is COc1ccc(-c2cn(CC3(O)CCCOC3)nn2)c(F)c1. The van der Waals surface area contributed by atoms with E-state index in [1.54, 1.807) is 18.3 Å². The maximum absolute atomic E-state index is 14.0. The lowest BCUT2D eigenvalue weighted by Crippen LogP contribution is -2.42. The molecular formula is C15H18FN3O3. The molecule has 118 valence electrons. The van der Waals surface area contributed by atoms with Crippen LogP contribution in [-0.2, 0) is 11.3 Å². The summed E-state index contributed by atoms with van der Waals surface area (Å²) in [5.74, 6) is 0.0217. The van der Waals surface area contributed by atoms with E-state index < -0.39 is 11.4 Å². The number of hydrogen-bond donors (Lipinski definition) is 1. The smallest absolute Gasteiger partial charge is 0.136 e. The molecule has 1 aromatic carbocycles. The van der Waals surface area contributed by atoms with Crippen molar-refractivity contribution >= 4 is 0 Å². The zero-order valence-corrected chi connectivity index (χ0v) is 12.3. The van der Waals surface area contributed by atoms with Crippen molar-refractivity contribution < 1.29 is 19.0 Å². The van der Waals surface area contributed by atoms with Crippen molar-refractivity contribution in [2.24, 2.45) is 0 Å². The third-order valence-electron chi connectivity index (χ3n) is 3.75. The van der Waals surface area contributed by atoms with Gasteiger partial charge >= 0.3 is 0 Å². The van der Waals surface area contributed by atoms with Gasteiger partial charge in [0, 0.05) is 18.2 Å². The molecule has 6 nitrogen and oxygen atoms in total. The van der Waals surface area contributed by atoms with Gasteiger partial charge in [0.25, 0.3) is 0 Å². The molecular weight excluding hydrogens is 289 g/mol. The molecule has 0 radical (unpaired) electrons. The van der Waals surface area contributed by atoms with Crippen LogP contribution in [0.15, 0.2) is 24.4 Å². The normalized spacial score (nSPS) is 21.8. The Kier molecular flexibility index (Phi) is 4.08. The van der Waals surface area contributed by atoms with Crippen molar-refractivity contribution in [3.63, 3.8) is 0 Å². The van der Waals surface area contributed by atoms with E-state index in [0.29, 0.717) is 30.0 Å².